The number of aryl methyl sites for hydroxylation is 2. The molecule has 168 valence electrons. The zero-order chi connectivity index (χ0) is 22.5. The Morgan fingerprint density at radius 2 is 1.53 bits per heavy atom. The molecule has 0 aliphatic rings. The molecule has 5 nitrogen and oxygen atoms in total. The van der Waals surface area contributed by atoms with Crippen molar-refractivity contribution in [1.29, 1.82) is 0 Å². The van der Waals surface area contributed by atoms with Gasteiger partial charge in [0.2, 0.25) is 14.9 Å². The van der Waals surface area contributed by atoms with Gasteiger partial charge in [-0.2, -0.15) is 0 Å². The molecule has 0 N–H and O–H groups in total. The summed E-state index contributed by atoms with van der Waals surface area (Å²) in [6.07, 6.45) is 3.42. The molecule has 1 aromatic carbocycles. The van der Waals surface area contributed by atoms with Crippen molar-refractivity contribution >= 4 is 18.2 Å². The van der Waals surface area contributed by atoms with Crippen molar-refractivity contribution in [2.75, 3.05) is 6.61 Å². The third kappa shape index (κ3) is 5.24. The number of hydrogen-bond acceptors (Lipinski definition) is 5. The maximum Gasteiger partial charge on any atom is 0.227 e. The van der Waals surface area contributed by atoms with Gasteiger partial charge in [0, 0.05) is 13.0 Å². The van der Waals surface area contributed by atoms with Crippen LogP contribution in [0, 0.1) is 6.92 Å². The Hall–Kier alpha value is -1.44. The Morgan fingerprint density at radius 1 is 0.967 bits per heavy atom. The number of rotatable bonds is 11. The van der Waals surface area contributed by atoms with Crippen LogP contribution in [0.3, 0.4) is 0 Å². The van der Waals surface area contributed by atoms with Crippen LogP contribution in [0.4, 0.5) is 0 Å². The predicted octanol–water partition coefficient (Wildman–Crippen LogP) is 6.33. The third-order valence-corrected chi connectivity index (χ3v) is 13.9. The van der Waals surface area contributed by atoms with E-state index in [0.717, 1.165) is 18.4 Å². The van der Waals surface area contributed by atoms with E-state index in [2.05, 4.69) is 46.5 Å². The highest BCUT2D eigenvalue weighted by Crippen LogP contribution is 2.42. The molecule has 0 unspecified atom stereocenters. The van der Waals surface area contributed by atoms with E-state index in [4.69, 9.17) is 8.84 Å². The van der Waals surface area contributed by atoms with E-state index in [1.165, 1.54) is 6.39 Å². The third-order valence-electron chi connectivity index (χ3n) is 6.05. The smallest absolute Gasteiger partial charge is 0.227 e. The Balaban J connectivity index is 2.01. The molecule has 0 aliphatic carbocycles. The molecule has 1 heterocycles. The van der Waals surface area contributed by atoms with Crippen LogP contribution in [-0.2, 0) is 20.7 Å². The van der Waals surface area contributed by atoms with Crippen LogP contribution >= 0.6 is 0 Å². The SMILES string of the molecule is Cc1ccc(S(=O)(=O)c2ncoc2CCCCO[Si](C(C)C)(C(C)C)C(C)C)cc1. The first-order valence-electron chi connectivity index (χ1n) is 10.9. The maximum atomic E-state index is 12.9. The lowest BCUT2D eigenvalue weighted by molar-refractivity contribution is 0.268. The average Bonchev–Trinajstić information content (AvgIpc) is 3.13. The van der Waals surface area contributed by atoms with Crippen molar-refractivity contribution in [3.05, 3.63) is 42.0 Å². The van der Waals surface area contributed by atoms with E-state index < -0.39 is 18.2 Å². The van der Waals surface area contributed by atoms with Crippen molar-refractivity contribution in [3.63, 3.8) is 0 Å². The molecule has 0 atom stereocenters. The van der Waals surface area contributed by atoms with E-state index >= 15 is 0 Å². The number of hydrogen-bond donors (Lipinski definition) is 0. The maximum absolute atomic E-state index is 12.9. The van der Waals surface area contributed by atoms with Gasteiger partial charge in [-0.3, -0.25) is 0 Å². The first-order chi connectivity index (χ1) is 14.0. The van der Waals surface area contributed by atoms with Gasteiger partial charge in [0.25, 0.3) is 0 Å². The van der Waals surface area contributed by atoms with E-state index in [0.29, 0.717) is 35.4 Å². The van der Waals surface area contributed by atoms with Crippen LogP contribution in [0.25, 0.3) is 0 Å². The van der Waals surface area contributed by atoms with Crippen molar-refractivity contribution in [1.82, 2.24) is 4.98 Å². The fourth-order valence-corrected chi connectivity index (χ4v) is 11.5. The van der Waals surface area contributed by atoms with Gasteiger partial charge in [-0.05, 0) is 48.5 Å². The molecule has 30 heavy (non-hydrogen) atoms. The molecular weight excluding hydrogens is 414 g/mol. The number of aromatic nitrogens is 1. The van der Waals surface area contributed by atoms with Gasteiger partial charge in [-0.15, -0.1) is 0 Å². The van der Waals surface area contributed by atoms with Crippen molar-refractivity contribution in [2.45, 2.75) is 94.3 Å². The van der Waals surface area contributed by atoms with Gasteiger partial charge < -0.3 is 8.84 Å². The molecule has 7 heteroatoms. The fourth-order valence-electron chi connectivity index (χ4n) is 4.61. The molecular formula is C23H37NO4SSi. The van der Waals surface area contributed by atoms with Crippen LogP contribution in [0.1, 0.15) is 65.7 Å². The molecule has 0 aliphatic heterocycles. The lowest BCUT2D eigenvalue weighted by Gasteiger charge is -2.42. The van der Waals surface area contributed by atoms with Crippen LogP contribution in [0.2, 0.25) is 16.6 Å². The predicted molar refractivity (Wildman–Crippen MR) is 123 cm³/mol. The average molecular weight is 452 g/mol. The van der Waals surface area contributed by atoms with Crippen LogP contribution in [0.15, 0.2) is 45.0 Å². The van der Waals surface area contributed by atoms with Crippen molar-refractivity contribution in [2.24, 2.45) is 0 Å². The molecule has 0 spiro atoms. The zero-order valence-electron chi connectivity index (χ0n) is 19.4. The van der Waals surface area contributed by atoms with Gasteiger partial charge in [0.15, 0.2) is 14.7 Å². The minimum atomic E-state index is -3.67. The summed E-state index contributed by atoms with van der Waals surface area (Å²) in [5.41, 5.74) is 2.67. The number of sulfone groups is 1. The topological polar surface area (TPSA) is 69.4 Å². The second-order valence-electron chi connectivity index (χ2n) is 9.02. The second kappa shape index (κ2) is 10.2. The Kier molecular flexibility index (Phi) is 8.48. The summed E-state index contributed by atoms with van der Waals surface area (Å²) in [6, 6.07) is 6.81. The fraction of sp³-hybridized carbons (Fsp3) is 0.609. The molecule has 2 aromatic rings. The highest BCUT2D eigenvalue weighted by molar-refractivity contribution is 7.91. The molecule has 0 saturated heterocycles. The number of oxazole rings is 1. The first-order valence-corrected chi connectivity index (χ1v) is 14.5. The van der Waals surface area contributed by atoms with Gasteiger partial charge in [0.05, 0.1) is 4.90 Å². The minimum absolute atomic E-state index is 0.0301. The monoisotopic (exact) mass is 451 g/mol. The number of nitrogens with zero attached hydrogens (tertiary/aromatic N) is 1. The Bertz CT molecular complexity index is 880. The van der Waals surface area contributed by atoms with Crippen LogP contribution in [0.5, 0.6) is 0 Å². The molecule has 2 rings (SSSR count). The van der Waals surface area contributed by atoms with E-state index in [1.54, 1.807) is 24.3 Å². The van der Waals surface area contributed by atoms with Gasteiger partial charge >= 0.3 is 0 Å². The summed E-state index contributed by atoms with van der Waals surface area (Å²) >= 11 is 0. The summed E-state index contributed by atoms with van der Waals surface area (Å²) in [5, 5.41) is 0.0301. The van der Waals surface area contributed by atoms with Gasteiger partial charge in [-0.25, -0.2) is 13.4 Å². The highest BCUT2D eigenvalue weighted by Gasteiger charge is 2.44. The molecule has 0 saturated carbocycles. The quantitative estimate of drug-likeness (QED) is 0.295. The number of benzene rings is 1. The zero-order valence-corrected chi connectivity index (χ0v) is 21.3. The van der Waals surface area contributed by atoms with E-state index in [1.807, 2.05) is 6.92 Å². The van der Waals surface area contributed by atoms with Gasteiger partial charge in [-0.1, -0.05) is 59.2 Å². The standard InChI is InChI=1S/C23H37NO4SSi/c1-17(2)30(18(3)4,19(5)6)28-15-9-8-10-22-23(24-16-27-22)29(25,26)21-13-11-20(7)12-14-21/h11-14,16-19H,8-10,15H2,1-7H3. The van der Waals surface area contributed by atoms with Gasteiger partial charge in [0.1, 0.15) is 5.76 Å². The summed E-state index contributed by atoms with van der Waals surface area (Å²) in [7, 11) is -5.54. The Labute approximate surface area is 183 Å². The van der Waals surface area contributed by atoms with E-state index in [9.17, 15) is 8.42 Å². The summed E-state index contributed by atoms with van der Waals surface area (Å²) in [6.45, 7) is 16.3. The summed E-state index contributed by atoms with van der Waals surface area (Å²) < 4.78 is 37.9. The minimum Gasteiger partial charge on any atom is -0.447 e. The van der Waals surface area contributed by atoms with Crippen LogP contribution < -0.4 is 0 Å². The Morgan fingerprint density at radius 3 is 2.07 bits per heavy atom. The normalized spacial score (nSPS) is 13.0. The molecule has 1 aromatic heterocycles. The van der Waals surface area contributed by atoms with Crippen molar-refractivity contribution < 1.29 is 17.3 Å². The summed E-state index contributed by atoms with van der Waals surface area (Å²) in [5.74, 6) is 0.427. The molecule has 0 bridgehead atoms. The van der Waals surface area contributed by atoms with E-state index in [-0.39, 0.29) is 9.92 Å². The molecule has 0 amide bonds. The molecule has 0 fully saturated rings. The second-order valence-corrected chi connectivity index (χ2v) is 16.3. The van der Waals surface area contributed by atoms with Crippen LogP contribution in [-0.4, -0.2) is 28.3 Å². The lowest BCUT2D eigenvalue weighted by atomic mass is 10.2. The summed E-state index contributed by atoms with van der Waals surface area (Å²) in [4.78, 5) is 4.26. The molecule has 0 radical (unpaired) electrons. The van der Waals surface area contributed by atoms with Crippen molar-refractivity contribution in [3.8, 4) is 0 Å². The first kappa shape index (κ1) is 24.8. The largest absolute Gasteiger partial charge is 0.447 e. The number of unbranched alkanes of at least 4 members (excludes halogenated alkanes) is 1. The highest BCUT2D eigenvalue weighted by atomic mass is 32.2. The lowest BCUT2D eigenvalue weighted by Crippen LogP contribution is -2.47.